The van der Waals surface area contributed by atoms with Crippen LogP contribution in [0, 0.1) is 11.7 Å². The van der Waals surface area contributed by atoms with Gasteiger partial charge in [-0.05, 0) is 24.1 Å². The van der Waals surface area contributed by atoms with Crippen LogP contribution in [0.3, 0.4) is 0 Å². The molecule has 1 fully saturated rings. The van der Waals surface area contributed by atoms with Crippen LogP contribution in [0.4, 0.5) is 10.1 Å². The number of carbonyl (C=O) groups excluding carboxylic acids is 1. The van der Waals surface area contributed by atoms with E-state index in [9.17, 15) is 9.18 Å². The van der Waals surface area contributed by atoms with E-state index >= 15 is 0 Å². The van der Waals surface area contributed by atoms with Gasteiger partial charge in [-0.25, -0.2) is 4.39 Å². The fourth-order valence-electron chi connectivity index (χ4n) is 2.55. The van der Waals surface area contributed by atoms with E-state index in [1.807, 2.05) is 0 Å². The van der Waals surface area contributed by atoms with Crippen LogP contribution in [-0.4, -0.2) is 43.9 Å². The summed E-state index contributed by atoms with van der Waals surface area (Å²) < 4.78 is 13.4. The highest BCUT2D eigenvalue weighted by Gasteiger charge is 2.18. The van der Waals surface area contributed by atoms with Crippen molar-refractivity contribution in [1.29, 1.82) is 0 Å². The van der Waals surface area contributed by atoms with Crippen molar-refractivity contribution < 1.29 is 9.18 Å². The van der Waals surface area contributed by atoms with Crippen molar-refractivity contribution in [1.82, 2.24) is 4.90 Å². The number of hydrogen-bond donors (Lipinski definition) is 0. The standard InChI is InChI=1S/C15H21FN2O/c1-12(2)10-17-3-5-18(6-4-17)15-8-13(11-19)7-14(16)9-15/h7-9,11-12H,3-6,10H2,1-2H3. The van der Waals surface area contributed by atoms with E-state index in [1.54, 1.807) is 6.07 Å². The summed E-state index contributed by atoms with van der Waals surface area (Å²) in [5.41, 5.74) is 1.21. The summed E-state index contributed by atoms with van der Waals surface area (Å²) in [4.78, 5) is 15.4. The maximum Gasteiger partial charge on any atom is 0.150 e. The Balaban J connectivity index is 2.01. The first-order valence-electron chi connectivity index (χ1n) is 6.81. The van der Waals surface area contributed by atoms with Gasteiger partial charge in [-0.1, -0.05) is 13.8 Å². The average molecular weight is 264 g/mol. The molecule has 0 spiro atoms. The summed E-state index contributed by atoms with van der Waals surface area (Å²) in [5.74, 6) is 0.326. The van der Waals surface area contributed by atoms with Crippen molar-refractivity contribution in [2.45, 2.75) is 13.8 Å². The molecule has 0 amide bonds. The highest BCUT2D eigenvalue weighted by atomic mass is 19.1. The highest BCUT2D eigenvalue weighted by molar-refractivity contribution is 5.77. The molecule has 0 atom stereocenters. The minimum absolute atomic E-state index is 0.343. The number of piperazine rings is 1. The SMILES string of the molecule is CC(C)CN1CCN(c2cc(F)cc(C=O)c2)CC1. The molecule has 0 N–H and O–H groups in total. The quantitative estimate of drug-likeness (QED) is 0.780. The smallest absolute Gasteiger partial charge is 0.150 e. The third-order valence-corrected chi connectivity index (χ3v) is 3.40. The van der Waals surface area contributed by atoms with E-state index in [2.05, 4.69) is 23.6 Å². The van der Waals surface area contributed by atoms with Crippen LogP contribution in [0.25, 0.3) is 0 Å². The van der Waals surface area contributed by atoms with E-state index in [-0.39, 0.29) is 5.82 Å². The lowest BCUT2D eigenvalue weighted by Crippen LogP contribution is -2.47. The van der Waals surface area contributed by atoms with Crippen LogP contribution in [-0.2, 0) is 0 Å². The number of halogens is 1. The summed E-state index contributed by atoms with van der Waals surface area (Å²) in [5, 5.41) is 0. The molecule has 0 aromatic heterocycles. The largest absolute Gasteiger partial charge is 0.369 e. The first-order chi connectivity index (χ1) is 9.08. The Morgan fingerprint density at radius 1 is 1.21 bits per heavy atom. The molecule has 2 rings (SSSR count). The molecule has 0 radical (unpaired) electrons. The zero-order valence-corrected chi connectivity index (χ0v) is 11.6. The molecular weight excluding hydrogens is 243 g/mol. The minimum atomic E-state index is -0.343. The van der Waals surface area contributed by atoms with Gasteiger partial charge < -0.3 is 4.90 Å². The van der Waals surface area contributed by atoms with Gasteiger partial charge in [-0.2, -0.15) is 0 Å². The van der Waals surface area contributed by atoms with Crippen molar-refractivity contribution in [3.8, 4) is 0 Å². The second-order valence-corrected chi connectivity index (χ2v) is 5.54. The fourth-order valence-corrected chi connectivity index (χ4v) is 2.55. The van der Waals surface area contributed by atoms with Gasteiger partial charge in [0, 0.05) is 44.0 Å². The van der Waals surface area contributed by atoms with Crippen molar-refractivity contribution in [3.63, 3.8) is 0 Å². The molecule has 0 saturated carbocycles. The normalized spacial score (nSPS) is 16.9. The number of anilines is 1. The van der Waals surface area contributed by atoms with Crippen LogP contribution < -0.4 is 4.90 Å². The number of rotatable bonds is 4. The first-order valence-corrected chi connectivity index (χ1v) is 6.81. The molecule has 104 valence electrons. The zero-order valence-electron chi connectivity index (χ0n) is 11.6. The van der Waals surface area contributed by atoms with Gasteiger partial charge in [0.15, 0.2) is 0 Å². The Morgan fingerprint density at radius 3 is 2.47 bits per heavy atom. The first kappa shape index (κ1) is 14.0. The summed E-state index contributed by atoms with van der Waals surface area (Å²) in [6, 6.07) is 4.53. The van der Waals surface area contributed by atoms with Gasteiger partial charge in [0.05, 0.1) is 0 Å². The third kappa shape index (κ3) is 3.77. The number of hydrogen-bond acceptors (Lipinski definition) is 3. The number of nitrogens with zero attached hydrogens (tertiary/aromatic N) is 2. The lowest BCUT2D eigenvalue weighted by molar-refractivity contribution is 0.112. The van der Waals surface area contributed by atoms with Crippen LogP contribution in [0.15, 0.2) is 18.2 Å². The van der Waals surface area contributed by atoms with E-state index in [4.69, 9.17) is 0 Å². The van der Waals surface area contributed by atoms with Crippen LogP contribution in [0.2, 0.25) is 0 Å². The molecule has 1 aliphatic heterocycles. The highest BCUT2D eigenvalue weighted by Crippen LogP contribution is 2.20. The van der Waals surface area contributed by atoms with Crippen LogP contribution in [0.1, 0.15) is 24.2 Å². The van der Waals surface area contributed by atoms with E-state index in [1.165, 1.54) is 12.1 Å². The molecule has 1 aromatic carbocycles. The molecule has 0 aliphatic carbocycles. The Hall–Kier alpha value is -1.42. The predicted octanol–water partition coefficient (Wildman–Crippen LogP) is 2.42. The molecule has 1 saturated heterocycles. The monoisotopic (exact) mass is 264 g/mol. The molecule has 1 heterocycles. The van der Waals surface area contributed by atoms with Crippen molar-refractivity contribution in [2.24, 2.45) is 5.92 Å². The molecule has 1 aromatic rings. The van der Waals surface area contributed by atoms with E-state index in [0.29, 0.717) is 17.8 Å². The summed E-state index contributed by atoms with van der Waals surface area (Å²) in [7, 11) is 0. The molecular formula is C15H21FN2O. The molecule has 3 nitrogen and oxygen atoms in total. The van der Waals surface area contributed by atoms with Crippen molar-refractivity contribution in [3.05, 3.63) is 29.6 Å². The summed E-state index contributed by atoms with van der Waals surface area (Å²) >= 11 is 0. The maximum atomic E-state index is 13.4. The predicted molar refractivity (Wildman–Crippen MR) is 75.3 cm³/mol. The van der Waals surface area contributed by atoms with E-state index < -0.39 is 0 Å². The Kier molecular flexibility index (Phi) is 4.53. The van der Waals surface area contributed by atoms with Gasteiger partial charge in [0.25, 0.3) is 0 Å². The summed E-state index contributed by atoms with van der Waals surface area (Å²) in [6.07, 6.45) is 0.696. The second kappa shape index (κ2) is 6.15. The number of carbonyl (C=O) groups is 1. The van der Waals surface area contributed by atoms with Crippen LogP contribution >= 0.6 is 0 Å². The van der Waals surface area contributed by atoms with Gasteiger partial charge in [-0.3, -0.25) is 9.69 Å². The molecule has 19 heavy (non-hydrogen) atoms. The Bertz CT molecular complexity index is 440. The van der Waals surface area contributed by atoms with Gasteiger partial charge in [-0.15, -0.1) is 0 Å². The van der Waals surface area contributed by atoms with Gasteiger partial charge >= 0.3 is 0 Å². The summed E-state index contributed by atoms with van der Waals surface area (Å²) in [6.45, 7) is 9.29. The Labute approximate surface area is 114 Å². The minimum Gasteiger partial charge on any atom is -0.369 e. The molecule has 0 unspecified atom stereocenters. The van der Waals surface area contributed by atoms with Crippen molar-refractivity contribution in [2.75, 3.05) is 37.6 Å². The fraction of sp³-hybridized carbons (Fsp3) is 0.533. The lowest BCUT2D eigenvalue weighted by atomic mass is 10.1. The molecule has 0 bridgehead atoms. The zero-order chi connectivity index (χ0) is 13.8. The Morgan fingerprint density at radius 2 is 1.89 bits per heavy atom. The van der Waals surface area contributed by atoms with Gasteiger partial charge in [0.1, 0.15) is 12.1 Å². The van der Waals surface area contributed by atoms with Crippen LogP contribution in [0.5, 0.6) is 0 Å². The van der Waals surface area contributed by atoms with E-state index in [0.717, 1.165) is 38.4 Å². The topological polar surface area (TPSA) is 23.6 Å². The molecule has 4 heteroatoms. The van der Waals surface area contributed by atoms with Crippen molar-refractivity contribution >= 4 is 12.0 Å². The third-order valence-electron chi connectivity index (χ3n) is 3.40. The second-order valence-electron chi connectivity index (χ2n) is 5.54. The molecule has 1 aliphatic rings. The lowest BCUT2D eigenvalue weighted by Gasteiger charge is -2.36. The number of benzene rings is 1. The average Bonchev–Trinajstić information content (AvgIpc) is 2.38. The maximum absolute atomic E-state index is 13.4. The number of aldehydes is 1. The van der Waals surface area contributed by atoms with Gasteiger partial charge in [0.2, 0.25) is 0 Å².